The van der Waals surface area contributed by atoms with Crippen molar-refractivity contribution in [2.45, 2.75) is 194 Å². The van der Waals surface area contributed by atoms with E-state index in [0.29, 0.717) is 47.7 Å². The second-order valence-electron chi connectivity index (χ2n) is 21.3. The predicted octanol–water partition coefficient (Wildman–Crippen LogP) is 16.8. The van der Waals surface area contributed by atoms with Crippen LogP contribution in [0.3, 0.4) is 0 Å². The fourth-order valence-corrected chi connectivity index (χ4v) is 12.3. The minimum Gasteiger partial charge on any atom is -0.871 e. The van der Waals surface area contributed by atoms with Gasteiger partial charge in [0.1, 0.15) is 9.15 Å². The van der Waals surface area contributed by atoms with Gasteiger partial charge in [0, 0.05) is 29.2 Å². The summed E-state index contributed by atoms with van der Waals surface area (Å²) in [4.78, 5) is 24.3. The molecule has 2 aliphatic rings. The summed E-state index contributed by atoms with van der Waals surface area (Å²) in [5, 5.41) is 24.9. The molecule has 2 aromatic carbocycles. The number of nitrogens with zero attached hydrogens (tertiary/aromatic N) is 2. The van der Waals surface area contributed by atoms with Crippen LogP contribution in [0.5, 0.6) is 5.75 Å². The van der Waals surface area contributed by atoms with Gasteiger partial charge >= 0.3 is 0 Å². The zero-order chi connectivity index (χ0) is 51.2. The number of rotatable bonds is 32. The van der Waals surface area contributed by atoms with Crippen molar-refractivity contribution in [2.75, 3.05) is 55.4 Å². The number of halogens is 4. The van der Waals surface area contributed by atoms with Gasteiger partial charge in [-0.3, -0.25) is 4.79 Å². The standard InChI is InChI=1S/C20H8I4O5.2C19H42N/c21-11-5-9-13(7-3-1-2-4-8(7)20(27)28)10-6-12(22)17(26)15(24)19(10)29-18(9)14(23)16(11)25;2*1-5-6-7-8-9-10-11-12-13-14-15-16-17-18-19-20(2,3)4/h1-6,25H,(H,27,28);2*5-19H2,1-4H3/q;2*+1/p-2. The lowest BCUT2D eigenvalue weighted by atomic mass is 9.91. The highest BCUT2D eigenvalue weighted by Crippen LogP contribution is 2.46. The van der Waals surface area contributed by atoms with Crippen molar-refractivity contribution in [3.8, 4) is 28.2 Å². The van der Waals surface area contributed by atoms with Crippen molar-refractivity contribution in [1.29, 1.82) is 0 Å². The molecule has 1 aliphatic carbocycles. The Morgan fingerprint density at radius 3 is 1.28 bits per heavy atom. The number of quaternary nitrogens is 2. The highest BCUT2D eigenvalue weighted by Gasteiger charge is 2.25. The minimum absolute atomic E-state index is 0.0220. The van der Waals surface area contributed by atoms with Crippen molar-refractivity contribution in [2.24, 2.45) is 0 Å². The Hall–Kier alpha value is -0.760. The van der Waals surface area contributed by atoms with E-state index in [0.717, 1.165) is 8.97 Å². The molecule has 1 heterocycles. The third-order valence-electron chi connectivity index (χ3n) is 12.8. The molecule has 0 fully saturated rings. The Bertz CT molecular complexity index is 2030. The minimum atomic E-state index is -1.31. The third kappa shape index (κ3) is 26.3. The summed E-state index contributed by atoms with van der Waals surface area (Å²) >= 11 is 7.76. The monoisotopic (exact) mass is 1400 g/mol. The van der Waals surface area contributed by atoms with E-state index in [1.54, 1.807) is 30.3 Å². The van der Waals surface area contributed by atoms with Crippen LogP contribution in [0.15, 0.2) is 45.6 Å². The van der Waals surface area contributed by atoms with Crippen LogP contribution in [0.25, 0.3) is 33.4 Å². The van der Waals surface area contributed by atoms with E-state index in [1.165, 1.54) is 199 Å². The Labute approximate surface area is 474 Å². The number of benzene rings is 3. The molecule has 0 unspecified atom stereocenters. The van der Waals surface area contributed by atoms with Gasteiger partial charge in [0.2, 0.25) is 5.43 Å². The molecule has 0 spiro atoms. The van der Waals surface area contributed by atoms with E-state index in [2.05, 4.69) is 56.1 Å². The van der Waals surface area contributed by atoms with E-state index >= 15 is 0 Å². The van der Waals surface area contributed by atoms with Crippen LogP contribution in [0.2, 0.25) is 0 Å². The molecule has 2 aromatic rings. The Morgan fingerprint density at radius 2 is 0.899 bits per heavy atom. The summed E-state index contributed by atoms with van der Waals surface area (Å²) in [7, 11) is 13.8. The van der Waals surface area contributed by atoms with Crippen molar-refractivity contribution in [3.05, 3.63) is 66.5 Å². The summed E-state index contributed by atoms with van der Waals surface area (Å²) in [5.74, 6) is -1.16. The molecule has 0 saturated carbocycles. The lowest BCUT2D eigenvalue weighted by molar-refractivity contribution is -0.870. The fraction of sp³-hybridized carbons (Fsp3) is 0.655. The fourth-order valence-electron chi connectivity index (χ4n) is 8.72. The normalized spacial score (nSPS) is 11.7. The summed E-state index contributed by atoms with van der Waals surface area (Å²) in [6, 6.07) is 9.90. The molecule has 0 atom stereocenters. The molecule has 0 amide bonds. The first-order valence-electron chi connectivity index (χ1n) is 26.7. The summed E-state index contributed by atoms with van der Waals surface area (Å²) in [6.45, 7) is 7.25. The van der Waals surface area contributed by atoms with Crippen molar-refractivity contribution < 1.29 is 28.4 Å². The van der Waals surface area contributed by atoms with Crippen molar-refractivity contribution in [1.82, 2.24) is 0 Å². The Kier molecular flexibility index (Phi) is 33.8. The molecule has 7 nitrogen and oxygen atoms in total. The first-order valence-corrected chi connectivity index (χ1v) is 31.0. The molecule has 0 N–H and O–H groups in total. The number of carbonyl (C=O) groups is 1. The number of carbonyl (C=O) groups excluding carboxylic acids is 1. The zero-order valence-corrected chi connectivity index (χ0v) is 52.8. The maximum atomic E-state index is 12.5. The summed E-state index contributed by atoms with van der Waals surface area (Å²) < 4.78 is 10.0. The van der Waals surface area contributed by atoms with Crippen LogP contribution in [0, 0.1) is 14.3 Å². The van der Waals surface area contributed by atoms with Crippen molar-refractivity contribution in [3.63, 3.8) is 0 Å². The number of carboxylic acid groups (broad SMARTS) is 1. The van der Waals surface area contributed by atoms with E-state index in [-0.39, 0.29) is 16.7 Å². The molecule has 11 heteroatoms. The van der Waals surface area contributed by atoms with Gasteiger partial charge in [0.05, 0.1) is 64.9 Å². The van der Waals surface area contributed by atoms with Gasteiger partial charge in [0.15, 0.2) is 5.76 Å². The molecule has 390 valence electrons. The summed E-state index contributed by atoms with van der Waals surface area (Å²) in [5.41, 5.74) is 1.80. The summed E-state index contributed by atoms with van der Waals surface area (Å²) in [6.07, 6.45) is 40.7. The maximum absolute atomic E-state index is 12.5. The van der Waals surface area contributed by atoms with Gasteiger partial charge in [-0.2, -0.15) is 0 Å². The maximum Gasteiger partial charge on any atom is 0.209 e. The van der Waals surface area contributed by atoms with Gasteiger partial charge in [-0.15, -0.1) is 0 Å². The van der Waals surface area contributed by atoms with Crippen LogP contribution in [0.1, 0.15) is 204 Å². The van der Waals surface area contributed by atoms with E-state index in [1.807, 2.05) is 90.4 Å². The molecule has 0 aromatic heterocycles. The van der Waals surface area contributed by atoms with Crippen LogP contribution in [-0.2, 0) is 0 Å². The molecular weight excluding hydrogens is 1310 g/mol. The number of unbranched alkanes of at least 4 members (excludes halogenated alkanes) is 26. The largest absolute Gasteiger partial charge is 0.871 e. The molecule has 69 heavy (non-hydrogen) atoms. The molecule has 0 saturated heterocycles. The van der Waals surface area contributed by atoms with Gasteiger partial charge < -0.3 is 28.4 Å². The second-order valence-corrected chi connectivity index (χ2v) is 25.8. The lowest BCUT2D eigenvalue weighted by Crippen LogP contribution is -2.35. The van der Waals surface area contributed by atoms with Crippen molar-refractivity contribution >= 4 is 107 Å². The second kappa shape index (κ2) is 36.2. The van der Waals surface area contributed by atoms with Gasteiger partial charge in [-0.05, 0) is 134 Å². The first-order chi connectivity index (χ1) is 32.8. The third-order valence-corrected chi connectivity index (χ3v) is 16.3. The quantitative estimate of drug-likeness (QED) is 0.0210. The number of fused-ring (bicyclic) bond motifs is 2. The lowest BCUT2D eigenvalue weighted by Gasteiger charge is -2.23. The smallest absolute Gasteiger partial charge is 0.209 e. The molecular formula is C58H90I4N2O5. The number of hydrogen-bond acceptors (Lipinski definition) is 5. The van der Waals surface area contributed by atoms with Gasteiger partial charge in [-0.25, -0.2) is 0 Å². The van der Waals surface area contributed by atoms with Crippen LogP contribution >= 0.6 is 90.4 Å². The zero-order valence-electron chi connectivity index (χ0n) is 44.1. The van der Waals surface area contributed by atoms with Gasteiger partial charge in [0.25, 0.3) is 0 Å². The van der Waals surface area contributed by atoms with Crippen LogP contribution < -0.4 is 15.6 Å². The number of hydrogen-bond donors (Lipinski definition) is 0. The first kappa shape index (κ1) is 64.4. The van der Waals surface area contributed by atoms with Crippen LogP contribution in [-0.4, -0.2) is 70.3 Å². The van der Waals surface area contributed by atoms with E-state index < -0.39 is 5.97 Å². The van der Waals surface area contributed by atoms with E-state index in [9.17, 15) is 19.8 Å². The molecule has 1 aliphatic heterocycles. The predicted molar refractivity (Wildman–Crippen MR) is 326 cm³/mol. The SMILES string of the molecule is CCCCCCCCCCCCCCCC[N+](C)(C)C.CCCCCCCCCCCCCCCC[N+](C)(C)C.O=C([O-])c1ccccc1-c1c2cc(I)c(=O)c(I)c-2oc2c(I)c([O-])c(I)cc12. The highest BCUT2D eigenvalue weighted by molar-refractivity contribution is 14.1. The number of aromatic carboxylic acids is 1. The van der Waals surface area contributed by atoms with Gasteiger partial charge in [-0.1, -0.05) is 198 Å². The molecule has 0 bridgehead atoms. The number of carboxylic acids is 1. The topological polar surface area (TPSA) is 93.4 Å². The average Bonchev–Trinajstić information content (AvgIpc) is 3.29. The van der Waals surface area contributed by atoms with E-state index in [4.69, 9.17) is 4.42 Å². The Morgan fingerprint density at radius 1 is 0.522 bits per heavy atom. The molecule has 4 rings (SSSR count). The molecule has 0 radical (unpaired) electrons. The van der Waals surface area contributed by atoms with Crippen LogP contribution in [0.4, 0.5) is 0 Å². The Balaban J connectivity index is 0.000000368. The average molecular weight is 1400 g/mol. The highest BCUT2D eigenvalue weighted by atomic mass is 127.